The van der Waals surface area contributed by atoms with Crippen LogP contribution in [-0.4, -0.2) is 38.9 Å². The topological polar surface area (TPSA) is 137 Å². The van der Waals surface area contributed by atoms with Crippen LogP contribution in [0.15, 0.2) is 47.4 Å². The Morgan fingerprint density at radius 1 is 1.07 bits per heavy atom. The van der Waals surface area contributed by atoms with Crippen molar-refractivity contribution in [1.82, 2.24) is 14.6 Å². The number of aromatic nitrogens is 3. The molecule has 2 aromatic heterocycles. The van der Waals surface area contributed by atoms with Gasteiger partial charge in [-0.25, -0.2) is 19.1 Å². The quantitative estimate of drug-likeness (QED) is 0.460. The number of nitrogens with zero attached hydrogens (tertiary/aromatic N) is 2. The lowest BCUT2D eigenvalue weighted by Gasteiger charge is -2.06. The maximum atomic E-state index is 12.2. The lowest BCUT2D eigenvalue weighted by molar-refractivity contribution is -0.118. The molecule has 3 aromatic rings. The van der Waals surface area contributed by atoms with E-state index in [2.05, 4.69) is 10.2 Å². The van der Waals surface area contributed by atoms with Gasteiger partial charge in [0, 0.05) is 18.2 Å². The number of benzene rings is 1. The fourth-order valence-corrected chi connectivity index (χ4v) is 2.45. The number of hydrogen-bond acceptors (Lipinski definition) is 6. The minimum absolute atomic E-state index is 0.126. The first-order chi connectivity index (χ1) is 12.9. The van der Waals surface area contributed by atoms with Crippen LogP contribution >= 0.6 is 0 Å². The molecular formula is C18H16N4O5. The second-order valence-corrected chi connectivity index (χ2v) is 5.84. The minimum Gasteiger partial charge on any atom is -0.454 e. The van der Waals surface area contributed by atoms with Crippen molar-refractivity contribution in [2.24, 2.45) is 5.73 Å². The molecule has 9 heteroatoms. The third-order valence-corrected chi connectivity index (χ3v) is 3.92. The van der Waals surface area contributed by atoms with Crippen molar-refractivity contribution < 1.29 is 19.1 Å². The Balaban J connectivity index is 1.60. The average molecular weight is 368 g/mol. The van der Waals surface area contributed by atoms with Crippen molar-refractivity contribution in [3.63, 3.8) is 0 Å². The molecule has 1 amide bonds. The number of carbonyl (C=O) groups excluding carboxylic acids is 3. The Bertz CT molecular complexity index is 1070. The number of aryl methyl sites for hydroxylation is 1. The average Bonchev–Trinajstić information content (AvgIpc) is 3.05. The summed E-state index contributed by atoms with van der Waals surface area (Å²) in [4.78, 5) is 46.6. The van der Waals surface area contributed by atoms with Crippen molar-refractivity contribution in [1.29, 1.82) is 0 Å². The van der Waals surface area contributed by atoms with Gasteiger partial charge in [0.25, 0.3) is 0 Å². The maximum absolute atomic E-state index is 12.2. The van der Waals surface area contributed by atoms with Crippen molar-refractivity contribution in [2.75, 3.05) is 6.61 Å². The standard InChI is InChI=1S/C18H16N4O5/c19-15(24)7-3-11-1-4-12(5-2-11)14(23)10-27-17(25)13-6-8-16-20-21-18(26)22(16)9-13/h1-2,4-6,8-9H,3,7,10H2,(H2,19,24)(H,21,26). The number of ether oxygens (including phenoxy) is 1. The molecule has 0 unspecified atom stereocenters. The first-order valence-electron chi connectivity index (χ1n) is 8.08. The SMILES string of the molecule is NC(=O)CCc1ccc(C(=O)COC(=O)c2ccc3n[nH]c(=O)n3c2)cc1. The summed E-state index contributed by atoms with van der Waals surface area (Å²) in [5.41, 5.74) is 6.37. The van der Waals surface area contributed by atoms with Gasteiger partial charge in [-0.05, 0) is 24.1 Å². The second kappa shape index (κ2) is 7.65. The number of pyridine rings is 1. The zero-order valence-electron chi connectivity index (χ0n) is 14.2. The summed E-state index contributed by atoms with van der Waals surface area (Å²) in [6.07, 6.45) is 2.02. The fraction of sp³-hybridized carbons (Fsp3) is 0.167. The number of ketones is 1. The molecule has 0 radical (unpaired) electrons. The molecule has 138 valence electrons. The highest BCUT2D eigenvalue weighted by molar-refractivity contribution is 5.99. The Hall–Kier alpha value is -3.75. The number of fused-ring (bicyclic) bond motifs is 1. The maximum Gasteiger partial charge on any atom is 0.347 e. The van der Waals surface area contributed by atoms with Crippen LogP contribution < -0.4 is 11.4 Å². The van der Waals surface area contributed by atoms with Gasteiger partial charge in [0.15, 0.2) is 18.0 Å². The van der Waals surface area contributed by atoms with Gasteiger partial charge in [-0.15, -0.1) is 0 Å². The van der Waals surface area contributed by atoms with Crippen molar-refractivity contribution in [2.45, 2.75) is 12.8 Å². The molecule has 9 nitrogen and oxygen atoms in total. The molecule has 3 rings (SSSR count). The molecule has 0 atom stereocenters. The number of H-pyrrole nitrogens is 1. The van der Waals surface area contributed by atoms with Gasteiger partial charge < -0.3 is 10.5 Å². The van der Waals surface area contributed by atoms with Crippen LogP contribution in [0.4, 0.5) is 0 Å². The van der Waals surface area contributed by atoms with Crippen LogP contribution in [0.25, 0.3) is 5.65 Å². The third-order valence-electron chi connectivity index (χ3n) is 3.92. The number of aromatic amines is 1. The summed E-state index contributed by atoms with van der Waals surface area (Å²) in [5.74, 6) is -1.49. The number of esters is 1. The second-order valence-electron chi connectivity index (χ2n) is 5.84. The fourth-order valence-electron chi connectivity index (χ4n) is 2.45. The van der Waals surface area contributed by atoms with Gasteiger partial charge in [0.05, 0.1) is 5.56 Å². The largest absolute Gasteiger partial charge is 0.454 e. The monoisotopic (exact) mass is 368 g/mol. The van der Waals surface area contributed by atoms with E-state index < -0.39 is 24.2 Å². The van der Waals surface area contributed by atoms with E-state index in [0.29, 0.717) is 17.6 Å². The highest BCUT2D eigenvalue weighted by Gasteiger charge is 2.13. The molecule has 0 aliphatic rings. The first kappa shape index (κ1) is 18.1. The lowest BCUT2D eigenvalue weighted by Crippen LogP contribution is -2.16. The van der Waals surface area contributed by atoms with E-state index >= 15 is 0 Å². The van der Waals surface area contributed by atoms with E-state index in [1.165, 1.54) is 22.7 Å². The Kier molecular flexibility index (Phi) is 5.11. The van der Waals surface area contributed by atoms with Gasteiger partial charge in [0.1, 0.15) is 0 Å². The molecule has 0 spiro atoms. The molecule has 3 N–H and O–H groups in total. The van der Waals surface area contributed by atoms with Crippen molar-refractivity contribution in [3.05, 3.63) is 69.8 Å². The van der Waals surface area contributed by atoms with Crippen LogP contribution in [0.1, 0.15) is 32.7 Å². The predicted octanol–water partition coefficient (Wildman–Crippen LogP) is 0.480. The van der Waals surface area contributed by atoms with Crippen LogP contribution in [0.5, 0.6) is 0 Å². The lowest BCUT2D eigenvalue weighted by atomic mass is 10.1. The van der Waals surface area contributed by atoms with Crippen molar-refractivity contribution >= 4 is 23.3 Å². The molecule has 2 heterocycles. The Morgan fingerprint density at radius 3 is 2.48 bits per heavy atom. The highest BCUT2D eigenvalue weighted by atomic mass is 16.5. The van der Waals surface area contributed by atoms with Gasteiger partial charge >= 0.3 is 11.7 Å². The number of amides is 1. The molecule has 0 bridgehead atoms. The molecule has 1 aromatic carbocycles. The van der Waals surface area contributed by atoms with E-state index in [0.717, 1.165) is 5.56 Å². The van der Waals surface area contributed by atoms with Crippen LogP contribution in [0.2, 0.25) is 0 Å². The van der Waals surface area contributed by atoms with E-state index in [1.807, 2.05) is 0 Å². The molecule has 0 aliphatic carbocycles. The van der Waals surface area contributed by atoms with E-state index in [1.54, 1.807) is 24.3 Å². The van der Waals surface area contributed by atoms with E-state index in [9.17, 15) is 19.2 Å². The summed E-state index contributed by atoms with van der Waals surface area (Å²) in [6, 6.07) is 9.58. The third kappa shape index (κ3) is 4.27. The summed E-state index contributed by atoms with van der Waals surface area (Å²) in [7, 11) is 0. The summed E-state index contributed by atoms with van der Waals surface area (Å²) >= 11 is 0. The predicted molar refractivity (Wildman–Crippen MR) is 94.4 cm³/mol. The highest BCUT2D eigenvalue weighted by Crippen LogP contribution is 2.09. The number of nitrogens with two attached hydrogens (primary N) is 1. The molecule has 0 saturated carbocycles. The minimum atomic E-state index is -0.726. The number of hydrogen-bond donors (Lipinski definition) is 2. The van der Waals surface area contributed by atoms with Gasteiger partial charge in [-0.1, -0.05) is 24.3 Å². The van der Waals surface area contributed by atoms with Crippen LogP contribution in [0.3, 0.4) is 0 Å². The van der Waals surface area contributed by atoms with Crippen LogP contribution in [0, 0.1) is 0 Å². The van der Waals surface area contributed by atoms with E-state index in [4.69, 9.17) is 10.5 Å². The zero-order valence-corrected chi connectivity index (χ0v) is 14.2. The van der Waals surface area contributed by atoms with Gasteiger partial charge in [0.2, 0.25) is 5.91 Å². The zero-order chi connectivity index (χ0) is 19.4. The molecular weight excluding hydrogens is 352 g/mol. The van der Waals surface area contributed by atoms with Crippen LogP contribution in [-0.2, 0) is 16.0 Å². The number of Topliss-reactive ketones (excluding diaryl/α,β-unsaturated/α-hetero) is 1. The number of nitrogens with one attached hydrogen (secondary N) is 1. The number of carbonyl (C=O) groups is 3. The summed E-state index contributed by atoms with van der Waals surface area (Å²) in [5, 5.41) is 6.02. The number of primary amides is 1. The molecule has 27 heavy (non-hydrogen) atoms. The van der Waals surface area contributed by atoms with Crippen molar-refractivity contribution in [3.8, 4) is 0 Å². The Labute approximate surface area is 152 Å². The summed E-state index contributed by atoms with van der Waals surface area (Å²) in [6.45, 7) is -0.433. The molecule has 0 saturated heterocycles. The molecule has 0 fully saturated rings. The number of rotatable bonds is 7. The van der Waals surface area contributed by atoms with Gasteiger partial charge in [-0.3, -0.25) is 9.59 Å². The van der Waals surface area contributed by atoms with E-state index in [-0.39, 0.29) is 17.8 Å². The normalized spacial score (nSPS) is 10.7. The Morgan fingerprint density at radius 2 is 1.78 bits per heavy atom. The smallest absolute Gasteiger partial charge is 0.347 e. The first-order valence-corrected chi connectivity index (χ1v) is 8.08. The molecule has 0 aliphatic heterocycles. The van der Waals surface area contributed by atoms with Gasteiger partial charge in [-0.2, -0.15) is 5.10 Å². The summed E-state index contributed by atoms with van der Waals surface area (Å²) < 4.78 is 6.19.